The average molecular weight is 326 g/mol. The van der Waals surface area contributed by atoms with E-state index in [0.29, 0.717) is 10.7 Å². The summed E-state index contributed by atoms with van der Waals surface area (Å²) in [5.74, 6) is -0.189. The van der Waals surface area contributed by atoms with Gasteiger partial charge in [-0.3, -0.25) is 14.8 Å². The van der Waals surface area contributed by atoms with Gasteiger partial charge < -0.3 is 0 Å². The molecule has 0 fully saturated rings. The number of aryl methyl sites for hydroxylation is 3. The minimum Gasteiger partial charge on any atom is -0.298 e. The second-order valence-electron chi connectivity index (χ2n) is 5.40. The maximum absolute atomic E-state index is 12.2. The summed E-state index contributed by atoms with van der Waals surface area (Å²) in [5, 5.41) is 9.49. The normalized spacial score (nSPS) is 10.7. The minimum atomic E-state index is -0.189. The van der Waals surface area contributed by atoms with Crippen LogP contribution in [0.15, 0.2) is 36.0 Å². The zero-order valence-corrected chi connectivity index (χ0v) is 14.1. The lowest BCUT2D eigenvalue weighted by molar-refractivity contribution is 0.102. The summed E-state index contributed by atoms with van der Waals surface area (Å²) in [6.07, 6.45) is 3.30. The van der Waals surface area contributed by atoms with Crippen LogP contribution in [0.4, 0.5) is 5.13 Å². The Morgan fingerprint density at radius 3 is 2.87 bits per heavy atom. The number of hydrogen-bond donors (Lipinski definition) is 1. The molecule has 0 radical (unpaired) electrons. The fraction of sp³-hybridized carbons (Fsp3) is 0.235. The van der Waals surface area contributed by atoms with E-state index in [1.807, 2.05) is 12.3 Å². The van der Waals surface area contributed by atoms with Gasteiger partial charge in [0.15, 0.2) is 5.13 Å². The molecule has 1 aromatic carbocycles. The third-order valence-corrected chi connectivity index (χ3v) is 4.36. The van der Waals surface area contributed by atoms with E-state index in [-0.39, 0.29) is 5.91 Å². The molecule has 2 heterocycles. The molecular weight excluding hydrogens is 308 g/mol. The summed E-state index contributed by atoms with van der Waals surface area (Å²) < 4.78 is 1.72. The van der Waals surface area contributed by atoms with Crippen molar-refractivity contribution in [1.29, 1.82) is 0 Å². The molecule has 0 aliphatic rings. The molecule has 0 spiro atoms. The molecule has 0 aliphatic heterocycles. The van der Waals surface area contributed by atoms with Crippen LogP contribution in [0.1, 0.15) is 28.4 Å². The van der Waals surface area contributed by atoms with Gasteiger partial charge in [0.05, 0.1) is 17.5 Å². The first kappa shape index (κ1) is 15.4. The number of nitrogens with one attached hydrogen (secondary N) is 1. The standard InChI is InChI=1S/C17H18N4OS/c1-4-21-9-13(8-18-21)16(22)20-17-19-15(10-23-17)14-6-5-11(2)7-12(14)3/h5-10H,4H2,1-3H3,(H,19,20,22). The highest BCUT2D eigenvalue weighted by molar-refractivity contribution is 7.14. The second kappa shape index (κ2) is 6.34. The lowest BCUT2D eigenvalue weighted by atomic mass is 10.0. The van der Waals surface area contributed by atoms with Gasteiger partial charge in [-0.15, -0.1) is 11.3 Å². The van der Waals surface area contributed by atoms with Gasteiger partial charge in [-0.1, -0.05) is 23.8 Å². The Hall–Kier alpha value is -2.47. The third kappa shape index (κ3) is 3.32. The van der Waals surface area contributed by atoms with E-state index in [9.17, 15) is 4.79 Å². The summed E-state index contributed by atoms with van der Waals surface area (Å²) in [6, 6.07) is 6.27. The van der Waals surface area contributed by atoms with Crippen LogP contribution in [0.25, 0.3) is 11.3 Å². The zero-order chi connectivity index (χ0) is 16.4. The number of carbonyl (C=O) groups is 1. The number of anilines is 1. The molecule has 0 saturated heterocycles. The summed E-state index contributed by atoms with van der Waals surface area (Å²) in [4.78, 5) is 16.7. The molecule has 3 aromatic rings. The number of nitrogens with zero attached hydrogens (tertiary/aromatic N) is 3. The van der Waals surface area contributed by atoms with Crippen molar-refractivity contribution in [3.63, 3.8) is 0 Å². The van der Waals surface area contributed by atoms with Crippen LogP contribution >= 0.6 is 11.3 Å². The SMILES string of the molecule is CCn1cc(C(=O)Nc2nc(-c3ccc(C)cc3C)cs2)cn1. The highest BCUT2D eigenvalue weighted by Gasteiger charge is 2.12. The van der Waals surface area contributed by atoms with Crippen molar-refractivity contribution in [3.05, 3.63) is 52.7 Å². The number of rotatable bonds is 4. The van der Waals surface area contributed by atoms with Gasteiger partial charge in [-0.25, -0.2) is 4.98 Å². The van der Waals surface area contributed by atoms with Crippen LogP contribution in [0, 0.1) is 13.8 Å². The van der Waals surface area contributed by atoms with Gasteiger partial charge in [-0.05, 0) is 26.3 Å². The Bertz CT molecular complexity index is 850. The number of benzene rings is 1. The molecule has 3 rings (SSSR count). The zero-order valence-electron chi connectivity index (χ0n) is 13.3. The first-order valence-corrected chi connectivity index (χ1v) is 8.31. The quantitative estimate of drug-likeness (QED) is 0.791. The first-order valence-electron chi connectivity index (χ1n) is 7.43. The molecular formula is C17H18N4OS. The monoisotopic (exact) mass is 326 g/mol. The summed E-state index contributed by atoms with van der Waals surface area (Å²) >= 11 is 1.42. The molecule has 0 saturated carbocycles. The summed E-state index contributed by atoms with van der Waals surface area (Å²) in [7, 11) is 0. The fourth-order valence-corrected chi connectivity index (χ4v) is 3.08. The van der Waals surface area contributed by atoms with Crippen LogP contribution in [-0.4, -0.2) is 20.7 Å². The summed E-state index contributed by atoms with van der Waals surface area (Å²) in [6.45, 7) is 6.85. The lowest BCUT2D eigenvalue weighted by Gasteiger charge is -2.03. The smallest absolute Gasteiger partial charge is 0.260 e. The van der Waals surface area contributed by atoms with Crippen molar-refractivity contribution >= 4 is 22.4 Å². The Morgan fingerprint density at radius 2 is 2.17 bits per heavy atom. The maximum atomic E-state index is 12.2. The minimum absolute atomic E-state index is 0.189. The fourth-order valence-electron chi connectivity index (χ4n) is 2.38. The molecule has 23 heavy (non-hydrogen) atoms. The maximum Gasteiger partial charge on any atom is 0.260 e. The molecule has 0 bridgehead atoms. The number of thiazole rings is 1. The number of hydrogen-bond acceptors (Lipinski definition) is 4. The van der Waals surface area contributed by atoms with Crippen molar-refractivity contribution in [2.45, 2.75) is 27.3 Å². The Morgan fingerprint density at radius 1 is 1.35 bits per heavy atom. The van der Waals surface area contributed by atoms with Crippen LogP contribution in [-0.2, 0) is 6.54 Å². The van der Waals surface area contributed by atoms with Gasteiger partial charge in [0, 0.05) is 23.7 Å². The van der Waals surface area contributed by atoms with E-state index < -0.39 is 0 Å². The number of amides is 1. The van der Waals surface area contributed by atoms with Crippen molar-refractivity contribution in [2.24, 2.45) is 0 Å². The topological polar surface area (TPSA) is 59.8 Å². The molecule has 0 unspecified atom stereocenters. The molecule has 6 heteroatoms. The van der Waals surface area contributed by atoms with Crippen LogP contribution in [0.3, 0.4) is 0 Å². The van der Waals surface area contributed by atoms with Crippen LogP contribution in [0.2, 0.25) is 0 Å². The van der Waals surface area contributed by atoms with Gasteiger partial charge in [-0.2, -0.15) is 5.10 Å². The largest absolute Gasteiger partial charge is 0.298 e. The predicted molar refractivity (Wildman–Crippen MR) is 92.9 cm³/mol. The highest BCUT2D eigenvalue weighted by atomic mass is 32.1. The molecule has 0 atom stereocenters. The lowest BCUT2D eigenvalue weighted by Crippen LogP contribution is -2.10. The first-order chi connectivity index (χ1) is 11.1. The van der Waals surface area contributed by atoms with Gasteiger partial charge >= 0.3 is 0 Å². The third-order valence-electron chi connectivity index (χ3n) is 3.60. The Labute approximate surface area is 139 Å². The predicted octanol–water partition coefficient (Wildman–Crippen LogP) is 3.90. The highest BCUT2D eigenvalue weighted by Crippen LogP contribution is 2.28. The molecule has 118 valence electrons. The second-order valence-corrected chi connectivity index (χ2v) is 6.25. The number of carbonyl (C=O) groups excluding carboxylic acids is 1. The van der Waals surface area contributed by atoms with E-state index in [2.05, 4.69) is 47.4 Å². The average Bonchev–Trinajstić information content (AvgIpc) is 3.16. The van der Waals surface area contributed by atoms with Crippen molar-refractivity contribution < 1.29 is 4.79 Å². The van der Waals surface area contributed by atoms with E-state index in [0.717, 1.165) is 17.8 Å². The summed E-state index contributed by atoms with van der Waals surface area (Å²) in [5.41, 5.74) is 4.91. The van der Waals surface area contributed by atoms with Crippen molar-refractivity contribution in [3.8, 4) is 11.3 Å². The van der Waals surface area contributed by atoms with Crippen molar-refractivity contribution in [1.82, 2.24) is 14.8 Å². The van der Waals surface area contributed by atoms with Crippen LogP contribution < -0.4 is 5.32 Å². The molecule has 2 aromatic heterocycles. The van der Waals surface area contributed by atoms with Gasteiger partial charge in [0.2, 0.25) is 0 Å². The molecule has 5 nitrogen and oxygen atoms in total. The molecule has 0 aliphatic carbocycles. The van der Waals surface area contributed by atoms with E-state index in [1.54, 1.807) is 17.1 Å². The number of aromatic nitrogens is 3. The van der Waals surface area contributed by atoms with Gasteiger partial charge in [0.25, 0.3) is 5.91 Å². The van der Waals surface area contributed by atoms with Crippen LogP contribution in [0.5, 0.6) is 0 Å². The Balaban J connectivity index is 1.78. The Kier molecular flexibility index (Phi) is 4.25. The van der Waals surface area contributed by atoms with Gasteiger partial charge in [0.1, 0.15) is 0 Å². The molecule has 1 N–H and O–H groups in total. The van der Waals surface area contributed by atoms with E-state index in [4.69, 9.17) is 0 Å². The van der Waals surface area contributed by atoms with E-state index >= 15 is 0 Å². The molecule has 1 amide bonds. The van der Waals surface area contributed by atoms with E-state index in [1.165, 1.54) is 22.5 Å². The van der Waals surface area contributed by atoms with Crippen molar-refractivity contribution in [2.75, 3.05) is 5.32 Å².